The smallest absolute Gasteiger partial charge is 0.343 e. The monoisotopic (exact) mass is 389 g/mol. The third-order valence-electron chi connectivity index (χ3n) is 4.39. The minimum Gasteiger partial charge on any atom is -0.507 e. The Morgan fingerprint density at radius 2 is 1.48 bits per heavy atom. The van der Waals surface area contributed by atoms with Crippen molar-refractivity contribution in [1.82, 2.24) is 0 Å². The number of aryl methyl sites for hydroxylation is 2. The second kappa shape index (κ2) is 8.39. The first-order valence-corrected chi connectivity index (χ1v) is 8.88. The van der Waals surface area contributed by atoms with Crippen LogP contribution in [0.4, 0.5) is 5.69 Å². The molecule has 0 fully saturated rings. The van der Waals surface area contributed by atoms with Crippen molar-refractivity contribution < 1.29 is 19.6 Å². The molecule has 29 heavy (non-hydrogen) atoms. The highest BCUT2D eigenvalue weighted by Crippen LogP contribution is 2.24. The molecule has 0 aromatic heterocycles. The molecule has 0 atom stereocenters. The van der Waals surface area contributed by atoms with E-state index in [1.807, 2.05) is 38.1 Å². The third-order valence-corrected chi connectivity index (χ3v) is 4.39. The van der Waals surface area contributed by atoms with Gasteiger partial charge in [0.2, 0.25) is 0 Å². The van der Waals surface area contributed by atoms with E-state index in [0.29, 0.717) is 11.3 Å². The van der Waals surface area contributed by atoms with Crippen LogP contribution in [-0.4, -0.2) is 16.0 Å². The number of nitrogens with zero attached hydrogens (tertiary/aromatic N) is 1. The normalized spacial score (nSPS) is 10.8. The number of carbonyl (C=O) groups is 1. The molecule has 0 heterocycles. The first kappa shape index (κ1) is 19.8. The first-order valence-electron chi connectivity index (χ1n) is 8.88. The van der Waals surface area contributed by atoms with Crippen molar-refractivity contribution in [3.05, 3.63) is 98.6 Å². The van der Waals surface area contributed by atoms with Crippen LogP contribution in [0.15, 0.2) is 60.7 Å². The average Bonchev–Trinajstić information content (AvgIpc) is 2.71. The van der Waals surface area contributed by atoms with E-state index >= 15 is 0 Å². The molecule has 0 aliphatic heterocycles. The molecule has 3 aromatic rings. The second-order valence-corrected chi connectivity index (χ2v) is 6.60. The van der Waals surface area contributed by atoms with Gasteiger partial charge in [-0.05, 0) is 72.5 Å². The lowest BCUT2D eigenvalue weighted by atomic mass is 10.0. The van der Waals surface area contributed by atoms with Crippen LogP contribution < -0.4 is 4.74 Å². The molecule has 0 bridgehead atoms. The van der Waals surface area contributed by atoms with Crippen LogP contribution in [0.5, 0.6) is 11.5 Å². The summed E-state index contributed by atoms with van der Waals surface area (Å²) in [7, 11) is 0. The Morgan fingerprint density at radius 3 is 2.03 bits per heavy atom. The molecular formula is C23H19NO5. The van der Waals surface area contributed by atoms with Gasteiger partial charge in [0.25, 0.3) is 5.69 Å². The van der Waals surface area contributed by atoms with Gasteiger partial charge in [0.15, 0.2) is 0 Å². The predicted molar refractivity (Wildman–Crippen MR) is 111 cm³/mol. The Hall–Kier alpha value is -3.93. The Morgan fingerprint density at radius 1 is 0.931 bits per heavy atom. The number of non-ortho nitro benzene ring substituents is 1. The summed E-state index contributed by atoms with van der Waals surface area (Å²) in [6, 6.07) is 16.0. The maximum atomic E-state index is 12.2. The zero-order valence-corrected chi connectivity index (χ0v) is 16.0. The number of hydrogen-bond acceptors (Lipinski definition) is 5. The number of aromatic hydroxyl groups is 1. The van der Waals surface area contributed by atoms with Gasteiger partial charge in [0, 0.05) is 12.1 Å². The Bertz CT molecular complexity index is 1060. The van der Waals surface area contributed by atoms with Crippen LogP contribution in [0.2, 0.25) is 0 Å². The summed E-state index contributed by atoms with van der Waals surface area (Å²) in [4.78, 5) is 22.4. The van der Waals surface area contributed by atoms with Crippen LogP contribution in [-0.2, 0) is 0 Å². The quantitative estimate of drug-likeness (QED) is 0.210. The number of phenolic OH excluding ortho intramolecular Hbond substituents is 1. The van der Waals surface area contributed by atoms with Gasteiger partial charge in [0.05, 0.1) is 10.5 Å². The fourth-order valence-corrected chi connectivity index (χ4v) is 2.81. The van der Waals surface area contributed by atoms with E-state index in [-0.39, 0.29) is 11.4 Å². The van der Waals surface area contributed by atoms with E-state index < -0.39 is 10.9 Å². The van der Waals surface area contributed by atoms with E-state index in [1.54, 1.807) is 24.3 Å². The lowest BCUT2D eigenvalue weighted by molar-refractivity contribution is -0.384. The molecule has 146 valence electrons. The SMILES string of the molecule is Cc1cc(/C=C/c2ccc(C(=O)Oc3ccc([N+](=O)[O-])cc3)cc2)cc(C)c1O. The molecule has 0 spiro atoms. The summed E-state index contributed by atoms with van der Waals surface area (Å²) in [5, 5.41) is 20.5. The number of phenols is 1. The highest BCUT2D eigenvalue weighted by Gasteiger charge is 2.10. The van der Waals surface area contributed by atoms with Gasteiger partial charge >= 0.3 is 5.97 Å². The number of esters is 1. The molecule has 0 aliphatic carbocycles. The summed E-state index contributed by atoms with van der Waals surface area (Å²) >= 11 is 0. The minimum absolute atomic E-state index is 0.0695. The van der Waals surface area contributed by atoms with Gasteiger partial charge in [-0.3, -0.25) is 10.1 Å². The Balaban J connectivity index is 1.67. The fraction of sp³-hybridized carbons (Fsp3) is 0.0870. The van der Waals surface area contributed by atoms with E-state index in [2.05, 4.69) is 0 Å². The molecule has 3 aromatic carbocycles. The van der Waals surface area contributed by atoms with Crippen molar-refractivity contribution in [3.8, 4) is 11.5 Å². The standard InChI is InChI=1S/C23H19NO5/c1-15-13-18(14-16(2)22(15)25)4-3-17-5-7-19(8-6-17)23(26)29-21-11-9-20(10-12-21)24(27)28/h3-14,25H,1-2H3/b4-3+. The molecule has 0 saturated carbocycles. The van der Waals surface area contributed by atoms with Gasteiger partial charge in [-0.15, -0.1) is 0 Å². The number of carbonyl (C=O) groups excluding carboxylic acids is 1. The maximum Gasteiger partial charge on any atom is 0.343 e. The maximum absolute atomic E-state index is 12.2. The average molecular weight is 389 g/mol. The van der Waals surface area contributed by atoms with Gasteiger partial charge < -0.3 is 9.84 Å². The molecule has 3 rings (SSSR count). The molecule has 0 saturated heterocycles. The molecule has 0 unspecified atom stereocenters. The van der Waals surface area contributed by atoms with Crippen molar-refractivity contribution >= 4 is 23.8 Å². The number of ether oxygens (including phenoxy) is 1. The molecule has 6 nitrogen and oxygen atoms in total. The van der Waals surface area contributed by atoms with Crippen molar-refractivity contribution in [3.63, 3.8) is 0 Å². The van der Waals surface area contributed by atoms with Crippen molar-refractivity contribution in [2.75, 3.05) is 0 Å². The van der Waals surface area contributed by atoms with Crippen molar-refractivity contribution in [1.29, 1.82) is 0 Å². The van der Waals surface area contributed by atoms with Crippen LogP contribution in [0.25, 0.3) is 12.2 Å². The van der Waals surface area contributed by atoms with E-state index in [1.165, 1.54) is 24.3 Å². The van der Waals surface area contributed by atoms with Crippen LogP contribution in [0.3, 0.4) is 0 Å². The minimum atomic E-state index is -0.542. The molecule has 0 aliphatic rings. The molecular weight excluding hydrogens is 370 g/mol. The van der Waals surface area contributed by atoms with E-state index in [4.69, 9.17) is 4.74 Å². The number of benzene rings is 3. The first-order chi connectivity index (χ1) is 13.8. The van der Waals surface area contributed by atoms with Crippen LogP contribution in [0.1, 0.15) is 32.6 Å². The van der Waals surface area contributed by atoms with E-state index in [9.17, 15) is 20.0 Å². The molecule has 1 N–H and O–H groups in total. The number of rotatable bonds is 5. The molecule has 0 amide bonds. The summed E-state index contributed by atoms with van der Waals surface area (Å²) < 4.78 is 5.24. The number of hydrogen-bond donors (Lipinski definition) is 1. The lowest BCUT2D eigenvalue weighted by Crippen LogP contribution is -2.08. The summed E-state index contributed by atoms with van der Waals surface area (Å²) in [5.41, 5.74) is 3.81. The topological polar surface area (TPSA) is 89.7 Å². The number of nitro benzene ring substituents is 1. The van der Waals surface area contributed by atoms with Gasteiger partial charge in [-0.1, -0.05) is 24.3 Å². The van der Waals surface area contributed by atoms with Crippen LogP contribution in [0, 0.1) is 24.0 Å². The Kier molecular flexibility index (Phi) is 5.74. The molecule has 0 radical (unpaired) electrons. The summed E-state index contributed by atoms with van der Waals surface area (Å²) in [6.07, 6.45) is 3.85. The molecule has 6 heteroatoms. The zero-order chi connectivity index (χ0) is 21.0. The summed E-state index contributed by atoms with van der Waals surface area (Å²) in [5.74, 6) is -0.000143. The lowest BCUT2D eigenvalue weighted by Gasteiger charge is -2.05. The van der Waals surface area contributed by atoms with Gasteiger partial charge in [-0.2, -0.15) is 0 Å². The van der Waals surface area contributed by atoms with Gasteiger partial charge in [-0.25, -0.2) is 4.79 Å². The fourth-order valence-electron chi connectivity index (χ4n) is 2.81. The Labute approximate surface area is 167 Å². The van der Waals surface area contributed by atoms with Crippen molar-refractivity contribution in [2.45, 2.75) is 13.8 Å². The number of nitro groups is 1. The second-order valence-electron chi connectivity index (χ2n) is 6.60. The highest BCUT2D eigenvalue weighted by atomic mass is 16.6. The predicted octanol–water partition coefficient (Wildman–Crippen LogP) is 5.31. The van der Waals surface area contributed by atoms with Crippen molar-refractivity contribution in [2.24, 2.45) is 0 Å². The highest BCUT2D eigenvalue weighted by molar-refractivity contribution is 5.91. The summed E-state index contributed by atoms with van der Waals surface area (Å²) in [6.45, 7) is 3.70. The van der Waals surface area contributed by atoms with E-state index in [0.717, 1.165) is 22.3 Å². The van der Waals surface area contributed by atoms with Gasteiger partial charge in [0.1, 0.15) is 11.5 Å². The van der Waals surface area contributed by atoms with Crippen LogP contribution >= 0.6 is 0 Å². The zero-order valence-electron chi connectivity index (χ0n) is 16.0. The largest absolute Gasteiger partial charge is 0.507 e. The third kappa shape index (κ3) is 4.87.